The van der Waals surface area contributed by atoms with Crippen LogP contribution in [0.1, 0.15) is 60.2 Å². The predicted molar refractivity (Wildman–Crippen MR) is 95.1 cm³/mol. The van der Waals surface area contributed by atoms with Crippen LogP contribution in [0.5, 0.6) is 0 Å². The highest BCUT2D eigenvalue weighted by Gasteiger charge is 2.42. The molecule has 1 aliphatic carbocycles. The summed E-state index contributed by atoms with van der Waals surface area (Å²) in [7, 11) is 0. The molecule has 2 aliphatic heterocycles. The Morgan fingerprint density at radius 3 is 2.96 bits per heavy atom. The van der Waals surface area contributed by atoms with Crippen molar-refractivity contribution in [1.29, 1.82) is 0 Å². The molecule has 3 atom stereocenters. The van der Waals surface area contributed by atoms with Gasteiger partial charge < -0.3 is 9.64 Å². The van der Waals surface area contributed by atoms with Gasteiger partial charge >= 0.3 is 0 Å². The normalized spacial score (nSPS) is 30.2. The van der Waals surface area contributed by atoms with E-state index >= 15 is 0 Å². The van der Waals surface area contributed by atoms with E-state index < -0.39 is 0 Å². The van der Waals surface area contributed by atoms with E-state index in [1.807, 2.05) is 4.90 Å². The van der Waals surface area contributed by atoms with Crippen molar-refractivity contribution >= 4 is 17.2 Å². The third kappa shape index (κ3) is 3.04. The summed E-state index contributed by atoms with van der Waals surface area (Å²) >= 11 is 1.76. The Bertz CT molecular complexity index is 647. The number of nitrogens with zero attached hydrogens (tertiary/aromatic N) is 2. The van der Waals surface area contributed by atoms with Gasteiger partial charge in [-0.05, 0) is 58.3 Å². The summed E-state index contributed by atoms with van der Waals surface area (Å²) in [6, 6.07) is 0. The molecule has 4 nitrogen and oxygen atoms in total. The number of allylic oxidation sites excluding steroid dienone is 1. The number of hydrogen-bond donors (Lipinski definition) is 0. The summed E-state index contributed by atoms with van der Waals surface area (Å²) in [5, 5.41) is 1.12. The highest BCUT2D eigenvalue weighted by molar-refractivity contribution is 7.11. The van der Waals surface area contributed by atoms with Gasteiger partial charge in [0.15, 0.2) is 0 Å². The van der Waals surface area contributed by atoms with Gasteiger partial charge in [-0.25, -0.2) is 4.98 Å². The van der Waals surface area contributed by atoms with Gasteiger partial charge in [-0.1, -0.05) is 6.08 Å². The SMILES string of the molecule is Cc1nc([C@@H]2C[C@@H]3CCN(C(=O)C4=CCCCC4)C[C@H]3O2)sc1C. The standard InChI is InChI=1S/C19H26N2O2S/c1-12-13(2)24-18(20-12)16-10-15-8-9-21(11-17(15)23-16)19(22)14-6-4-3-5-7-14/h6,15-17H,3-5,7-11H2,1-2H3/t15-,16-,17+/m0/s1. The number of carbonyl (C=O) groups is 1. The number of fused-ring (bicyclic) bond motifs is 1. The zero-order valence-corrected chi connectivity index (χ0v) is 15.4. The molecule has 2 saturated heterocycles. The molecular formula is C19H26N2O2S. The van der Waals surface area contributed by atoms with Crippen molar-refractivity contribution in [3.05, 3.63) is 27.2 Å². The van der Waals surface area contributed by atoms with Crippen LogP contribution in [0, 0.1) is 19.8 Å². The smallest absolute Gasteiger partial charge is 0.249 e. The molecule has 1 amide bonds. The van der Waals surface area contributed by atoms with E-state index in [2.05, 4.69) is 24.9 Å². The lowest BCUT2D eigenvalue weighted by Crippen LogP contribution is -2.45. The topological polar surface area (TPSA) is 42.4 Å². The lowest BCUT2D eigenvalue weighted by molar-refractivity contribution is -0.131. The number of ether oxygens (including phenoxy) is 1. The summed E-state index contributed by atoms with van der Waals surface area (Å²) in [4.78, 5) is 20.7. The maximum absolute atomic E-state index is 12.7. The average molecular weight is 346 g/mol. The quantitative estimate of drug-likeness (QED) is 0.814. The van der Waals surface area contributed by atoms with Crippen molar-refractivity contribution in [2.45, 2.75) is 64.6 Å². The van der Waals surface area contributed by atoms with E-state index in [0.717, 1.165) is 61.5 Å². The number of aryl methyl sites for hydroxylation is 2. The van der Waals surface area contributed by atoms with Crippen LogP contribution in [0.15, 0.2) is 11.6 Å². The van der Waals surface area contributed by atoms with Crippen LogP contribution >= 0.6 is 11.3 Å². The number of likely N-dealkylation sites (tertiary alicyclic amines) is 1. The van der Waals surface area contributed by atoms with E-state index in [9.17, 15) is 4.79 Å². The molecule has 3 heterocycles. The number of aromatic nitrogens is 1. The Kier molecular flexibility index (Phi) is 4.48. The number of piperidine rings is 1. The van der Waals surface area contributed by atoms with Crippen molar-refractivity contribution in [3.63, 3.8) is 0 Å². The van der Waals surface area contributed by atoms with Crippen molar-refractivity contribution in [2.24, 2.45) is 5.92 Å². The first-order valence-electron chi connectivity index (χ1n) is 9.19. The second-order valence-electron chi connectivity index (χ2n) is 7.37. The Morgan fingerprint density at radius 2 is 2.25 bits per heavy atom. The van der Waals surface area contributed by atoms with E-state index in [4.69, 9.17) is 4.74 Å². The zero-order valence-electron chi connectivity index (χ0n) is 14.6. The van der Waals surface area contributed by atoms with Gasteiger partial charge in [-0.3, -0.25) is 4.79 Å². The minimum Gasteiger partial charge on any atom is -0.366 e. The average Bonchev–Trinajstić information content (AvgIpc) is 3.18. The second kappa shape index (κ2) is 6.60. The van der Waals surface area contributed by atoms with E-state index in [1.54, 1.807) is 11.3 Å². The van der Waals surface area contributed by atoms with Gasteiger partial charge in [0.2, 0.25) is 5.91 Å². The molecule has 0 unspecified atom stereocenters. The van der Waals surface area contributed by atoms with Crippen LogP contribution < -0.4 is 0 Å². The van der Waals surface area contributed by atoms with Crippen LogP contribution in [0.25, 0.3) is 0 Å². The van der Waals surface area contributed by atoms with Crippen LogP contribution in [0.2, 0.25) is 0 Å². The molecule has 0 radical (unpaired) electrons. The molecule has 1 aromatic heterocycles. The van der Waals surface area contributed by atoms with E-state index in [-0.39, 0.29) is 18.1 Å². The summed E-state index contributed by atoms with van der Waals surface area (Å²) in [6.45, 7) is 5.82. The Balaban J connectivity index is 1.42. The van der Waals surface area contributed by atoms with Gasteiger partial charge in [0.25, 0.3) is 0 Å². The number of rotatable bonds is 2. The molecule has 4 rings (SSSR count). The number of thiazole rings is 1. The number of carbonyl (C=O) groups excluding carboxylic acids is 1. The maximum Gasteiger partial charge on any atom is 0.249 e. The Morgan fingerprint density at radius 1 is 1.38 bits per heavy atom. The minimum absolute atomic E-state index is 0.126. The minimum atomic E-state index is 0.126. The first kappa shape index (κ1) is 16.3. The molecule has 3 aliphatic rings. The second-order valence-corrected chi connectivity index (χ2v) is 8.60. The van der Waals surface area contributed by atoms with E-state index in [0.29, 0.717) is 5.92 Å². The fraction of sp³-hybridized carbons (Fsp3) is 0.684. The lowest BCUT2D eigenvalue weighted by atomic mass is 9.90. The first-order chi connectivity index (χ1) is 11.6. The van der Waals surface area contributed by atoms with Crippen molar-refractivity contribution in [1.82, 2.24) is 9.88 Å². The number of amides is 1. The molecule has 2 fully saturated rings. The van der Waals surface area contributed by atoms with Crippen molar-refractivity contribution in [3.8, 4) is 0 Å². The first-order valence-corrected chi connectivity index (χ1v) is 10.0. The van der Waals surface area contributed by atoms with Gasteiger partial charge in [0.05, 0.1) is 11.8 Å². The van der Waals surface area contributed by atoms with Crippen LogP contribution in [0.4, 0.5) is 0 Å². The van der Waals surface area contributed by atoms with Crippen LogP contribution in [0.3, 0.4) is 0 Å². The van der Waals surface area contributed by atoms with Gasteiger partial charge in [0.1, 0.15) is 11.1 Å². The molecule has 0 aromatic carbocycles. The number of hydrogen-bond acceptors (Lipinski definition) is 4. The third-order valence-corrected chi connectivity index (χ3v) is 6.89. The van der Waals surface area contributed by atoms with Gasteiger partial charge in [-0.15, -0.1) is 11.3 Å². The zero-order chi connectivity index (χ0) is 16.7. The van der Waals surface area contributed by atoms with Crippen molar-refractivity contribution in [2.75, 3.05) is 13.1 Å². The highest BCUT2D eigenvalue weighted by atomic mass is 32.1. The van der Waals surface area contributed by atoms with Gasteiger partial charge in [0, 0.05) is 23.5 Å². The lowest BCUT2D eigenvalue weighted by Gasteiger charge is -2.35. The van der Waals surface area contributed by atoms with Crippen molar-refractivity contribution < 1.29 is 9.53 Å². The molecule has 130 valence electrons. The molecular weight excluding hydrogens is 320 g/mol. The summed E-state index contributed by atoms with van der Waals surface area (Å²) in [5.74, 6) is 0.824. The summed E-state index contributed by atoms with van der Waals surface area (Å²) < 4.78 is 6.32. The molecule has 1 aromatic rings. The molecule has 5 heteroatoms. The van der Waals surface area contributed by atoms with Crippen LogP contribution in [-0.2, 0) is 9.53 Å². The fourth-order valence-electron chi connectivity index (χ4n) is 4.14. The monoisotopic (exact) mass is 346 g/mol. The highest BCUT2D eigenvalue weighted by Crippen LogP contribution is 2.42. The third-order valence-electron chi connectivity index (χ3n) is 5.73. The van der Waals surface area contributed by atoms with E-state index in [1.165, 1.54) is 11.3 Å². The maximum atomic E-state index is 12.7. The molecule has 24 heavy (non-hydrogen) atoms. The Labute approximate surface area is 147 Å². The molecule has 0 N–H and O–H groups in total. The predicted octanol–water partition coefficient (Wildman–Crippen LogP) is 3.94. The molecule has 0 saturated carbocycles. The largest absolute Gasteiger partial charge is 0.366 e. The summed E-state index contributed by atoms with van der Waals surface area (Å²) in [5.41, 5.74) is 2.15. The van der Waals surface area contributed by atoms with Crippen LogP contribution in [-0.4, -0.2) is 35.0 Å². The summed E-state index contributed by atoms with van der Waals surface area (Å²) in [6.07, 6.45) is 8.95. The Hall–Kier alpha value is -1.20. The van der Waals surface area contributed by atoms with Gasteiger partial charge in [-0.2, -0.15) is 0 Å². The fourth-order valence-corrected chi connectivity index (χ4v) is 5.12. The molecule has 0 spiro atoms. The molecule has 0 bridgehead atoms.